The van der Waals surface area contributed by atoms with Crippen LogP contribution in [-0.4, -0.2) is 0 Å². The molecule has 1 aromatic carbocycles. The molecule has 0 aliphatic heterocycles. The third-order valence-corrected chi connectivity index (χ3v) is 4.47. The molecule has 0 amide bonds. The fourth-order valence-electron chi connectivity index (χ4n) is 3.46. The zero-order valence-corrected chi connectivity index (χ0v) is 9.56. The molecule has 0 unspecified atom stereocenters. The summed E-state index contributed by atoms with van der Waals surface area (Å²) in [5.41, 5.74) is 3.88. The summed E-state index contributed by atoms with van der Waals surface area (Å²) in [6, 6.07) is 5.17. The van der Waals surface area contributed by atoms with E-state index >= 15 is 0 Å². The normalized spacial score (nSPS) is 22.4. The molecule has 84 valence electrons. The van der Waals surface area contributed by atoms with Gasteiger partial charge in [-0.2, -0.15) is 0 Å². The predicted molar refractivity (Wildman–Crippen MR) is 64.7 cm³/mol. The minimum absolute atomic E-state index is 0.130. The third kappa shape index (κ3) is 1.34. The Bertz CT molecular complexity index is 439. The highest BCUT2D eigenvalue weighted by molar-refractivity contribution is 5.73. The SMILES string of the molecule is C=C1c2cc(F)ccc2CCC12CCCC2. The van der Waals surface area contributed by atoms with Gasteiger partial charge in [0.15, 0.2) is 0 Å². The average molecular weight is 216 g/mol. The number of fused-ring (bicyclic) bond motifs is 1. The van der Waals surface area contributed by atoms with Crippen LogP contribution in [0.1, 0.15) is 43.2 Å². The van der Waals surface area contributed by atoms with Gasteiger partial charge in [0.2, 0.25) is 0 Å². The fraction of sp³-hybridized carbons (Fsp3) is 0.467. The molecule has 1 aromatic rings. The van der Waals surface area contributed by atoms with Crippen molar-refractivity contribution in [1.82, 2.24) is 0 Å². The van der Waals surface area contributed by atoms with Gasteiger partial charge in [-0.1, -0.05) is 25.5 Å². The molecule has 0 atom stereocenters. The molecule has 0 nitrogen and oxygen atoms in total. The topological polar surface area (TPSA) is 0 Å². The second kappa shape index (κ2) is 3.44. The highest BCUT2D eigenvalue weighted by Crippen LogP contribution is 2.53. The summed E-state index contributed by atoms with van der Waals surface area (Å²) < 4.78 is 13.3. The van der Waals surface area contributed by atoms with E-state index in [2.05, 4.69) is 6.58 Å². The van der Waals surface area contributed by atoms with E-state index in [-0.39, 0.29) is 5.82 Å². The van der Waals surface area contributed by atoms with E-state index in [4.69, 9.17) is 0 Å². The lowest BCUT2D eigenvalue weighted by molar-refractivity contribution is 0.371. The molecular formula is C15H17F. The molecule has 1 spiro atoms. The van der Waals surface area contributed by atoms with Gasteiger partial charge >= 0.3 is 0 Å². The van der Waals surface area contributed by atoms with Crippen LogP contribution in [-0.2, 0) is 6.42 Å². The van der Waals surface area contributed by atoms with Gasteiger partial charge in [-0.15, -0.1) is 0 Å². The molecule has 0 N–H and O–H groups in total. The van der Waals surface area contributed by atoms with Gasteiger partial charge in [-0.25, -0.2) is 4.39 Å². The third-order valence-electron chi connectivity index (χ3n) is 4.47. The van der Waals surface area contributed by atoms with Crippen LogP contribution in [0.4, 0.5) is 4.39 Å². The van der Waals surface area contributed by atoms with Crippen LogP contribution in [0.2, 0.25) is 0 Å². The van der Waals surface area contributed by atoms with E-state index in [0.717, 1.165) is 12.0 Å². The monoisotopic (exact) mass is 216 g/mol. The lowest BCUT2D eigenvalue weighted by atomic mass is 9.67. The summed E-state index contributed by atoms with van der Waals surface area (Å²) in [4.78, 5) is 0. The van der Waals surface area contributed by atoms with E-state index in [1.165, 1.54) is 43.2 Å². The number of hydrogen-bond donors (Lipinski definition) is 0. The molecule has 1 fully saturated rings. The summed E-state index contributed by atoms with van der Waals surface area (Å²) in [6.45, 7) is 4.27. The van der Waals surface area contributed by atoms with Gasteiger partial charge in [0, 0.05) is 0 Å². The Morgan fingerprint density at radius 1 is 1.12 bits per heavy atom. The lowest BCUT2D eigenvalue weighted by Gasteiger charge is -2.37. The van der Waals surface area contributed by atoms with E-state index in [1.54, 1.807) is 12.1 Å². The maximum Gasteiger partial charge on any atom is 0.123 e. The minimum Gasteiger partial charge on any atom is -0.207 e. The largest absolute Gasteiger partial charge is 0.207 e. The molecule has 3 rings (SSSR count). The van der Waals surface area contributed by atoms with Crippen molar-refractivity contribution >= 4 is 5.57 Å². The van der Waals surface area contributed by atoms with E-state index < -0.39 is 0 Å². The van der Waals surface area contributed by atoms with Crippen LogP contribution in [0, 0.1) is 11.2 Å². The van der Waals surface area contributed by atoms with Gasteiger partial charge in [-0.05, 0) is 59.9 Å². The van der Waals surface area contributed by atoms with Gasteiger partial charge in [-0.3, -0.25) is 0 Å². The van der Waals surface area contributed by atoms with Crippen LogP contribution >= 0.6 is 0 Å². The molecule has 0 saturated heterocycles. The Morgan fingerprint density at radius 2 is 1.88 bits per heavy atom. The van der Waals surface area contributed by atoms with Crippen molar-refractivity contribution in [3.05, 3.63) is 41.7 Å². The summed E-state index contributed by atoms with van der Waals surface area (Å²) in [5.74, 6) is -0.130. The molecule has 0 heterocycles. The quantitative estimate of drug-likeness (QED) is 0.605. The first kappa shape index (κ1) is 10.1. The zero-order valence-electron chi connectivity index (χ0n) is 9.56. The van der Waals surface area contributed by atoms with Gasteiger partial charge in [0.05, 0.1) is 0 Å². The Kier molecular flexibility index (Phi) is 2.17. The van der Waals surface area contributed by atoms with Crippen LogP contribution in [0.15, 0.2) is 24.8 Å². The van der Waals surface area contributed by atoms with Gasteiger partial charge < -0.3 is 0 Å². The summed E-state index contributed by atoms with van der Waals surface area (Å²) >= 11 is 0. The number of aryl methyl sites for hydroxylation is 1. The molecule has 2 aliphatic rings. The Morgan fingerprint density at radius 3 is 2.62 bits per heavy atom. The maximum absolute atomic E-state index is 13.3. The van der Waals surface area contributed by atoms with E-state index in [1.807, 2.05) is 6.07 Å². The first-order valence-corrected chi connectivity index (χ1v) is 6.19. The van der Waals surface area contributed by atoms with Crippen molar-refractivity contribution in [2.75, 3.05) is 0 Å². The van der Waals surface area contributed by atoms with Crippen molar-refractivity contribution in [2.45, 2.75) is 38.5 Å². The van der Waals surface area contributed by atoms with Crippen molar-refractivity contribution in [1.29, 1.82) is 0 Å². The standard InChI is InChI=1S/C15H17F/c1-11-14-10-13(16)5-4-12(14)6-9-15(11)7-2-3-8-15/h4-5,10H,1-3,6-9H2. The second-order valence-electron chi connectivity index (χ2n) is 5.27. The number of hydrogen-bond acceptors (Lipinski definition) is 0. The Balaban J connectivity index is 2.07. The summed E-state index contributed by atoms with van der Waals surface area (Å²) in [6.07, 6.45) is 7.43. The zero-order chi connectivity index (χ0) is 11.2. The molecule has 0 aromatic heterocycles. The highest BCUT2D eigenvalue weighted by Gasteiger charge is 2.39. The Hall–Kier alpha value is -1.11. The van der Waals surface area contributed by atoms with Crippen molar-refractivity contribution in [2.24, 2.45) is 5.41 Å². The first-order chi connectivity index (χ1) is 7.71. The minimum atomic E-state index is -0.130. The molecule has 0 radical (unpaired) electrons. The lowest BCUT2D eigenvalue weighted by Crippen LogP contribution is -2.24. The molecule has 2 aliphatic carbocycles. The van der Waals surface area contributed by atoms with Crippen LogP contribution < -0.4 is 0 Å². The smallest absolute Gasteiger partial charge is 0.123 e. The molecule has 16 heavy (non-hydrogen) atoms. The second-order valence-corrected chi connectivity index (χ2v) is 5.27. The Labute approximate surface area is 96.2 Å². The molecule has 1 heteroatoms. The first-order valence-electron chi connectivity index (χ1n) is 6.19. The van der Waals surface area contributed by atoms with Crippen LogP contribution in [0.5, 0.6) is 0 Å². The van der Waals surface area contributed by atoms with Crippen LogP contribution in [0.3, 0.4) is 0 Å². The number of rotatable bonds is 0. The van der Waals surface area contributed by atoms with Gasteiger partial charge in [0.1, 0.15) is 5.82 Å². The summed E-state index contributed by atoms with van der Waals surface area (Å²) in [7, 11) is 0. The summed E-state index contributed by atoms with van der Waals surface area (Å²) in [5, 5.41) is 0. The molecule has 0 bridgehead atoms. The van der Waals surface area contributed by atoms with Crippen molar-refractivity contribution in [3.63, 3.8) is 0 Å². The highest BCUT2D eigenvalue weighted by atomic mass is 19.1. The molecular weight excluding hydrogens is 199 g/mol. The average Bonchev–Trinajstić information content (AvgIpc) is 2.75. The number of halogens is 1. The fourth-order valence-corrected chi connectivity index (χ4v) is 3.46. The van der Waals surface area contributed by atoms with Gasteiger partial charge in [0.25, 0.3) is 0 Å². The van der Waals surface area contributed by atoms with E-state index in [9.17, 15) is 4.39 Å². The van der Waals surface area contributed by atoms with Crippen LogP contribution in [0.25, 0.3) is 5.57 Å². The van der Waals surface area contributed by atoms with Crippen molar-refractivity contribution in [3.8, 4) is 0 Å². The number of benzene rings is 1. The predicted octanol–water partition coefficient (Wildman–Crippen LogP) is 4.35. The van der Waals surface area contributed by atoms with E-state index in [0.29, 0.717) is 5.41 Å². The number of allylic oxidation sites excluding steroid dienone is 1. The molecule has 1 saturated carbocycles. The van der Waals surface area contributed by atoms with Crippen molar-refractivity contribution < 1.29 is 4.39 Å². The maximum atomic E-state index is 13.3.